The van der Waals surface area contributed by atoms with Crippen molar-refractivity contribution in [3.05, 3.63) is 65.2 Å². The molecule has 0 bridgehead atoms. The van der Waals surface area contributed by atoms with E-state index in [2.05, 4.69) is 0 Å². The van der Waals surface area contributed by atoms with Gasteiger partial charge in [0, 0.05) is 31.2 Å². The van der Waals surface area contributed by atoms with Gasteiger partial charge in [-0.1, -0.05) is 24.3 Å². The molecule has 0 spiro atoms. The molecule has 2 aromatic carbocycles. The topological polar surface area (TPSA) is 98.5 Å². The molecule has 1 N–H and O–H groups in total. The summed E-state index contributed by atoms with van der Waals surface area (Å²) in [5.41, 5.74) is -7.51. The highest BCUT2D eigenvalue weighted by Crippen LogP contribution is 2.54. The first-order valence-corrected chi connectivity index (χ1v) is 14.6. The summed E-state index contributed by atoms with van der Waals surface area (Å²) in [6.45, 7) is -0.518. The molecule has 1 amide bonds. The Labute approximate surface area is 237 Å². The van der Waals surface area contributed by atoms with Gasteiger partial charge in [0.15, 0.2) is 9.84 Å². The predicted molar refractivity (Wildman–Crippen MR) is 135 cm³/mol. The van der Waals surface area contributed by atoms with E-state index in [9.17, 15) is 49.1 Å². The number of benzene rings is 2. The van der Waals surface area contributed by atoms with Crippen LogP contribution in [0.5, 0.6) is 0 Å². The largest absolute Gasteiger partial charge is 0.435 e. The third-order valence-electron chi connectivity index (χ3n) is 8.40. The maximum absolute atomic E-state index is 14.7. The predicted octanol–water partition coefficient (Wildman–Crippen LogP) is 5.55. The van der Waals surface area contributed by atoms with Gasteiger partial charge in [0.05, 0.1) is 16.5 Å². The van der Waals surface area contributed by atoms with E-state index < -0.39 is 50.6 Å². The van der Waals surface area contributed by atoms with Crippen LogP contribution >= 0.6 is 0 Å². The van der Waals surface area contributed by atoms with Crippen LogP contribution in [-0.4, -0.2) is 56.4 Å². The summed E-state index contributed by atoms with van der Waals surface area (Å²) in [7, 11) is -4.47. The van der Waals surface area contributed by atoms with Gasteiger partial charge in [-0.05, 0) is 67.9 Å². The highest BCUT2D eigenvalue weighted by Gasteiger charge is 2.73. The van der Waals surface area contributed by atoms with Gasteiger partial charge in [-0.25, -0.2) is 12.8 Å². The Bertz CT molecular complexity index is 1430. The lowest BCUT2D eigenvalue weighted by Crippen LogP contribution is -2.50. The SMILES string of the molecule is N#Cc1ccc(S(=O)(=O)C2(c3ccc(C(F)(C(F)(F)F)C(F)(F)F)cc3)CCN(C(=O)C3CCC(CO)CC3)C2)cc1. The molecule has 1 aliphatic heterocycles. The van der Waals surface area contributed by atoms with Crippen LogP contribution < -0.4 is 0 Å². The Morgan fingerprint density at radius 3 is 1.95 bits per heavy atom. The lowest BCUT2D eigenvalue weighted by Gasteiger charge is -2.33. The highest BCUT2D eigenvalue weighted by atomic mass is 32.2. The van der Waals surface area contributed by atoms with E-state index in [0.29, 0.717) is 25.7 Å². The van der Waals surface area contributed by atoms with E-state index in [-0.39, 0.29) is 59.6 Å². The molecule has 2 aromatic rings. The Kier molecular flexibility index (Phi) is 8.43. The van der Waals surface area contributed by atoms with Crippen molar-refractivity contribution in [1.29, 1.82) is 5.26 Å². The van der Waals surface area contributed by atoms with Gasteiger partial charge in [0.2, 0.25) is 5.91 Å². The van der Waals surface area contributed by atoms with Crippen LogP contribution in [0, 0.1) is 23.2 Å². The van der Waals surface area contributed by atoms with E-state index >= 15 is 0 Å². The summed E-state index contributed by atoms with van der Waals surface area (Å²) in [5.74, 6) is -0.718. The first kappa shape index (κ1) is 31.7. The minimum atomic E-state index is -6.34. The quantitative estimate of drug-likeness (QED) is 0.428. The molecule has 6 nitrogen and oxygen atoms in total. The fourth-order valence-corrected chi connectivity index (χ4v) is 7.93. The van der Waals surface area contributed by atoms with Crippen LogP contribution in [0.2, 0.25) is 0 Å². The summed E-state index contributed by atoms with van der Waals surface area (Å²) in [4.78, 5) is 14.5. The van der Waals surface area contributed by atoms with Crippen molar-refractivity contribution < 1.29 is 49.1 Å². The number of halogens is 7. The van der Waals surface area contributed by atoms with Crippen molar-refractivity contribution in [2.75, 3.05) is 19.7 Å². The zero-order valence-corrected chi connectivity index (χ0v) is 22.9. The minimum Gasteiger partial charge on any atom is -0.396 e. The molecule has 1 unspecified atom stereocenters. The van der Waals surface area contributed by atoms with Gasteiger partial charge in [-0.15, -0.1) is 0 Å². The van der Waals surface area contributed by atoms with Crippen molar-refractivity contribution in [2.24, 2.45) is 11.8 Å². The zero-order valence-electron chi connectivity index (χ0n) is 22.1. The average Bonchev–Trinajstić information content (AvgIpc) is 3.43. The second kappa shape index (κ2) is 11.1. The van der Waals surface area contributed by atoms with Crippen LogP contribution in [0.1, 0.15) is 48.8 Å². The number of carbonyl (C=O) groups excluding carboxylic acids is 1. The highest BCUT2D eigenvalue weighted by molar-refractivity contribution is 7.92. The Morgan fingerprint density at radius 1 is 0.929 bits per heavy atom. The fraction of sp³-hybridized carbons (Fsp3) is 0.500. The third kappa shape index (κ3) is 5.25. The zero-order chi connectivity index (χ0) is 31.1. The molecule has 1 saturated heterocycles. The number of aliphatic hydroxyl groups is 1. The number of nitrogens with zero attached hydrogens (tertiary/aromatic N) is 2. The summed E-state index contributed by atoms with van der Waals surface area (Å²) in [6.07, 6.45) is -10.8. The maximum Gasteiger partial charge on any atom is 0.435 e. The Hall–Kier alpha value is -3.18. The molecular weight excluding hydrogens is 593 g/mol. The van der Waals surface area contributed by atoms with Crippen LogP contribution in [0.15, 0.2) is 53.4 Å². The van der Waals surface area contributed by atoms with E-state index in [0.717, 1.165) is 24.3 Å². The smallest absolute Gasteiger partial charge is 0.396 e. The molecule has 2 fully saturated rings. The lowest BCUT2D eigenvalue weighted by atomic mass is 9.82. The Balaban J connectivity index is 1.77. The first-order valence-electron chi connectivity index (χ1n) is 13.1. The van der Waals surface area contributed by atoms with Gasteiger partial charge in [0.25, 0.3) is 0 Å². The van der Waals surface area contributed by atoms with Gasteiger partial charge in [-0.2, -0.15) is 31.6 Å². The van der Waals surface area contributed by atoms with Crippen LogP contribution in [0.4, 0.5) is 30.7 Å². The second-order valence-corrected chi connectivity index (χ2v) is 13.0. The lowest BCUT2D eigenvalue weighted by molar-refractivity contribution is -0.348. The number of alkyl halides is 7. The van der Waals surface area contributed by atoms with Crippen LogP contribution in [-0.2, 0) is 25.0 Å². The first-order chi connectivity index (χ1) is 19.5. The molecule has 0 radical (unpaired) electrons. The molecule has 1 saturated carbocycles. The molecule has 1 heterocycles. The third-order valence-corrected chi connectivity index (χ3v) is 10.9. The van der Waals surface area contributed by atoms with Crippen LogP contribution in [0.3, 0.4) is 0 Å². The summed E-state index contributed by atoms with van der Waals surface area (Å²) in [5, 5.41) is 18.5. The van der Waals surface area contributed by atoms with Gasteiger partial charge in [0.1, 0.15) is 4.75 Å². The van der Waals surface area contributed by atoms with Gasteiger partial charge >= 0.3 is 18.0 Å². The fourth-order valence-electron chi connectivity index (χ4n) is 5.86. The molecule has 1 atom stereocenters. The van der Waals surface area contributed by atoms with Crippen molar-refractivity contribution in [3.63, 3.8) is 0 Å². The standard InChI is InChI=1S/C28H27F7N2O4S/c29-26(27(30,31)32,28(33,34)35)22-9-7-21(8-10-22)25(42(40,41)23-11-3-18(15-36)4-12-23)13-14-37(17-25)24(39)20-5-1-19(16-38)2-6-20/h3-4,7-12,19-20,38H,1-2,5-6,13-14,16-17H2. The number of likely N-dealkylation sites (tertiary alicyclic amines) is 1. The number of aliphatic hydroxyl groups excluding tert-OH is 1. The summed E-state index contributed by atoms with van der Waals surface area (Å²) < 4.78 is 121. The average molecular weight is 621 g/mol. The molecule has 1 aliphatic carbocycles. The molecule has 0 aromatic heterocycles. The molecular formula is C28H27F7N2O4S. The van der Waals surface area contributed by atoms with Crippen molar-refractivity contribution in [2.45, 2.75) is 59.8 Å². The summed E-state index contributed by atoms with van der Waals surface area (Å²) >= 11 is 0. The molecule has 2 aliphatic rings. The second-order valence-electron chi connectivity index (χ2n) is 10.8. The van der Waals surface area contributed by atoms with Crippen LogP contribution in [0.25, 0.3) is 0 Å². The number of sulfone groups is 1. The molecule has 4 rings (SSSR count). The molecule has 42 heavy (non-hydrogen) atoms. The summed E-state index contributed by atoms with van der Waals surface area (Å²) in [6, 6.07) is 8.63. The van der Waals surface area contributed by atoms with Crippen molar-refractivity contribution in [1.82, 2.24) is 4.90 Å². The monoisotopic (exact) mass is 620 g/mol. The van der Waals surface area contributed by atoms with Crippen molar-refractivity contribution in [3.8, 4) is 6.07 Å². The molecule has 228 valence electrons. The van der Waals surface area contributed by atoms with E-state index in [4.69, 9.17) is 5.26 Å². The number of carbonyl (C=O) groups is 1. The maximum atomic E-state index is 14.7. The van der Waals surface area contributed by atoms with Gasteiger partial charge < -0.3 is 10.0 Å². The Morgan fingerprint density at radius 2 is 1.48 bits per heavy atom. The normalized spacial score (nSPS) is 23.9. The number of hydrogen-bond acceptors (Lipinski definition) is 5. The number of amides is 1. The molecule has 14 heteroatoms. The van der Waals surface area contributed by atoms with E-state index in [1.807, 2.05) is 6.07 Å². The number of rotatable bonds is 6. The van der Waals surface area contributed by atoms with Gasteiger partial charge in [-0.3, -0.25) is 4.79 Å². The van der Waals surface area contributed by atoms with Crippen molar-refractivity contribution >= 4 is 15.7 Å². The van der Waals surface area contributed by atoms with E-state index in [1.54, 1.807) is 0 Å². The minimum absolute atomic E-state index is 0.0184. The number of nitriles is 1. The van der Waals surface area contributed by atoms with E-state index in [1.165, 1.54) is 17.0 Å². The number of hydrogen-bond donors (Lipinski definition) is 1.